The van der Waals surface area contributed by atoms with Gasteiger partial charge in [-0.3, -0.25) is 4.79 Å². The van der Waals surface area contributed by atoms with Crippen molar-refractivity contribution in [1.82, 2.24) is 15.0 Å². The van der Waals surface area contributed by atoms with Crippen molar-refractivity contribution >= 4 is 5.91 Å². The summed E-state index contributed by atoms with van der Waals surface area (Å²) >= 11 is 0. The minimum atomic E-state index is -0.293. The summed E-state index contributed by atoms with van der Waals surface area (Å²) in [5.74, 6) is 1.91. The van der Waals surface area contributed by atoms with E-state index >= 15 is 0 Å². The monoisotopic (exact) mass is 371 g/mol. The number of hydrogen-bond acceptors (Lipinski definition) is 5. The van der Waals surface area contributed by atoms with E-state index < -0.39 is 0 Å². The van der Waals surface area contributed by atoms with Gasteiger partial charge in [-0.1, -0.05) is 17.3 Å². The van der Waals surface area contributed by atoms with Crippen LogP contribution in [0.15, 0.2) is 40.9 Å². The summed E-state index contributed by atoms with van der Waals surface area (Å²) < 4.78 is 23.8. The number of allylic oxidation sites excluding steroid dienone is 2. The summed E-state index contributed by atoms with van der Waals surface area (Å²) in [4.78, 5) is 18.9. The number of nitrogens with zero attached hydrogens (tertiary/aromatic N) is 3. The van der Waals surface area contributed by atoms with Crippen molar-refractivity contribution in [3.8, 4) is 5.75 Å². The van der Waals surface area contributed by atoms with Gasteiger partial charge in [0.2, 0.25) is 11.8 Å². The molecule has 2 aromatic rings. The topological polar surface area (TPSA) is 68.5 Å². The lowest BCUT2D eigenvalue weighted by atomic mass is 10.1. The highest BCUT2D eigenvalue weighted by Crippen LogP contribution is 2.29. The Morgan fingerprint density at radius 1 is 1.26 bits per heavy atom. The number of carbonyl (C=O) groups is 1. The zero-order valence-electron chi connectivity index (χ0n) is 15.0. The molecule has 1 aliphatic heterocycles. The third kappa shape index (κ3) is 4.18. The number of likely N-dealkylation sites (tertiary alicyclic amines) is 1. The molecule has 1 aromatic carbocycles. The maximum atomic E-state index is 12.9. The van der Waals surface area contributed by atoms with Crippen LogP contribution < -0.4 is 4.74 Å². The molecule has 7 heteroatoms. The molecule has 2 aliphatic rings. The summed E-state index contributed by atoms with van der Waals surface area (Å²) in [5, 5.41) is 4.01. The molecular formula is C20H22FN3O3. The second kappa shape index (κ2) is 7.90. The number of hydrogen-bond donors (Lipinski definition) is 0. The second-order valence-corrected chi connectivity index (χ2v) is 7.01. The summed E-state index contributed by atoms with van der Waals surface area (Å²) in [5.41, 5.74) is 0. The van der Waals surface area contributed by atoms with Crippen LogP contribution in [0.25, 0.3) is 0 Å². The normalized spacial score (nSPS) is 19.7. The Bertz CT molecular complexity index is 810. The van der Waals surface area contributed by atoms with Crippen molar-refractivity contribution in [3.05, 3.63) is 53.9 Å². The SMILES string of the molecule is O=C(C1CC=CC1)N1CCC(c2nc(CCOc3ccc(F)cc3)no2)C1. The lowest BCUT2D eigenvalue weighted by Crippen LogP contribution is -2.33. The number of aromatic nitrogens is 2. The Morgan fingerprint density at radius 2 is 2.04 bits per heavy atom. The van der Waals surface area contributed by atoms with Gasteiger partial charge in [-0.2, -0.15) is 4.98 Å². The predicted molar refractivity (Wildman–Crippen MR) is 95.7 cm³/mol. The Morgan fingerprint density at radius 3 is 2.81 bits per heavy atom. The van der Waals surface area contributed by atoms with Gasteiger partial charge in [-0.25, -0.2) is 4.39 Å². The molecule has 1 unspecified atom stereocenters. The standard InChI is InChI=1S/C20H22FN3O3/c21-16-5-7-17(8-6-16)26-12-10-18-22-19(27-23-18)15-9-11-24(13-15)20(25)14-3-1-2-4-14/h1-2,5-8,14-15H,3-4,9-13H2. The van der Waals surface area contributed by atoms with Crippen LogP contribution in [0, 0.1) is 11.7 Å². The van der Waals surface area contributed by atoms with Crippen LogP contribution in [0.1, 0.15) is 36.9 Å². The van der Waals surface area contributed by atoms with Crippen molar-refractivity contribution in [2.45, 2.75) is 31.6 Å². The number of halogens is 1. The fourth-order valence-electron chi connectivity index (χ4n) is 3.56. The van der Waals surface area contributed by atoms with Gasteiger partial charge in [-0.15, -0.1) is 0 Å². The fraction of sp³-hybridized carbons (Fsp3) is 0.450. The van der Waals surface area contributed by atoms with Gasteiger partial charge in [0.15, 0.2) is 5.82 Å². The summed E-state index contributed by atoms with van der Waals surface area (Å²) in [6.07, 6.45) is 7.20. The van der Waals surface area contributed by atoms with Gasteiger partial charge >= 0.3 is 0 Å². The Labute approximate surface area is 157 Å². The van der Waals surface area contributed by atoms with Gasteiger partial charge in [-0.05, 0) is 43.5 Å². The summed E-state index contributed by atoms with van der Waals surface area (Å²) in [6.45, 7) is 1.77. The van der Waals surface area contributed by atoms with E-state index in [0.29, 0.717) is 37.0 Å². The first-order chi connectivity index (χ1) is 13.2. The van der Waals surface area contributed by atoms with Crippen LogP contribution in [-0.4, -0.2) is 40.6 Å². The molecule has 142 valence electrons. The molecule has 1 fully saturated rings. The van der Waals surface area contributed by atoms with Crippen LogP contribution in [0.5, 0.6) is 5.75 Å². The lowest BCUT2D eigenvalue weighted by Gasteiger charge is -2.19. The highest BCUT2D eigenvalue weighted by Gasteiger charge is 2.34. The number of carbonyl (C=O) groups excluding carboxylic acids is 1. The van der Waals surface area contributed by atoms with Crippen LogP contribution in [-0.2, 0) is 11.2 Å². The Balaban J connectivity index is 1.26. The molecule has 4 rings (SSSR count). The van der Waals surface area contributed by atoms with Crippen molar-refractivity contribution in [2.24, 2.45) is 5.92 Å². The molecule has 1 amide bonds. The van der Waals surface area contributed by atoms with Crippen molar-refractivity contribution in [1.29, 1.82) is 0 Å². The summed E-state index contributed by atoms with van der Waals surface area (Å²) in [6, 6.07) is 5.88. The fourth-order valence-corrected chi connectivity index (χ4v) is 3.56. The quantitative estimate of drug-likeness (QED) is 0.730. The molecule has 0 radical (unpaired) electrons. The molecule has 0 N–H and O–H groups in total. The van der Waals surface area contributed by atoms with E-state index in [0.717, 1.165) is 25.8 Å². The first-order valence-electron chi connectivity index (χ1n) is 9.33. The number of benzene rings is 1. The average molecular weight is 371 g/mol. The Kier molecular flexibility index (Phi) is 5.18. The molecule has 0 spiro atoms. The van der Waals surface area contributed by atoms with Crippen LogP contribution in [0.3, 0.4) is 0 Å². The van der Waals surface area contributed by atoms with E-state index in [1.807, 2.05) is 4.90 Å². The molecule has 1 aromatic heterocycles. The zero-order valence-corrected chi connectivity index (χ0v) is 15.0. The van der Waals surface area contributed by atoms with Crippen LogP contribution in [0.2, 0.25) is 0 Å². The van der Waals surface area contributed by atoms with E-state index in [2.05, 4.69) is 22.3 Å². The summed E-state index contributed by atoms with van der Waals surface area (Å²) in [7, 11) is 0. The third-order valence-electron chi connectivity index (χ3n) is 5.10. The lowest BCUT2D eigenvalue weighted by molar-refractivity contribution is -0.134. The van der Waals surface area contributed by atoms with Gasteiger partial charge in [0.1, 0.15) is 11.6 Å². The van der Waals surface area contributed by atoms with E-state index in [1.54, 1.807) is 12.1 Å². The smallest absolute Gasteiger partial charge is 0.231 e. The third-order valence-corrected chi connectivity index (χ3v) is 5.10. The van der Waals surface area contributed by atoms with Gasteiger partial charge in [0, 0.05) is 25.4 Å². The van der Waals surface area contributed by atoms with E-state index in [1.165, 1.54) is 12.1 Å². The molecule has 0 saturated carbocycles. The first-order valence-corrected chi connectivity index (χ1v) is 9.33. The molecule has 27 heavy (non-hydrogen) atoms. The van der Waals surface area contributed by atoms with Gasteiger partial charge in [0.25, 0.3) is 0 Å². The molecule has 0 bridgehead atoms. The van der Waals surface area contributed by atoms with Crippen molar-refractivity contribution in [3.63, 3.8) is 0 Å². The molecular weight excluding hydrogens is 349 g/mol. The van der Waals surface area contributed by atoms with E-state index in [9.17, 15) is 9.18 Å². The number of ether oxygens (including phenoxy) is 1. The molecule has 1 aliphatic carbocycles. The van der Waals surface area contributed by atoms with Crippen molar-refractivity contribution in [2.75, 3.05) is 19.7 Å². The largest absolute Gasteiger partial charge is 0.493 e. The average Bonchev–Trinajstić information content (AvgIpc) is 3.44. The van der Waals surface area contributed by atoms with Crippen molar-refractivity contribution < 1.29 is 18.4 Å². The zero-order chi connectivity index (χ0) is 18.6. The van der Waals surface area contributed by atoms with Crippen LogP contribution >= 0.6 is 0 Å². The predicted octanol–water partition coefficient (Wildman–Crippen LogP) is 3.11. The molecule has 1 atom stereocenters. The minimum absolute atomic E-state index is 0.0996. The highest BCUT2D eigenvalue weighted by atomic mass is 19.1. The number of amides is 1. The highest BCUT2D eigenvalue weighted by molar-refractivity contribution is 5.80. The van der Waals surface area contributed by atoms with E-state index in [-0.39, 0.29) is 23.6 Å². The van der Waals surface area contributed by atoms with Gasteiger partial charge in [0.05, 0.1) is 12.5 Å². The minimum Gasteiger partial charge on any atom is -0.493 e. The van der Waals surface area contributed by atoms with Gasteiger partial charge < -0.3 is 14.2 Å². The van der Waals surface area contributed by atoms with E-state index in [4.69, 9.17) is 9.26 Å². The van der Waals surface area contributed by atoms with Crippen LogP contribution in [0.4, 0.5) is 4.39 Å². The second-order valence-electron chi connectivity index (χ2n) is 7.01. The number of rotatable bonds is 6. The first kappa shape index (κ1) is 17.7. The maximum Gasteiger partial charge on any atom is 0.231 e. The molecule has 6 nitrogen and oxygen atoms in total. The molecule has 1 saturated heterocycles. The Hall–Kier alpha value is -2.70. The molecule has 2 heterocycles. The maximum absolute atomic E-state index is 12.9.